The molecule has 0 N–H and O–H groups in total. The third kappa shape index (κ3) is 3.14. The number of esters is 2. The van der Waals surface area contributed by atoms with E-state index < -0.39 is 22.6 Å². The lowest BCUT2D eigenvalue weighted by Crippen LogP contribution is -2.44. The third-order valence-corrected chi connectivity index (χ3v) is 6.97. The maximum Gasteiger partial charge on any atom is 0.348 e. The molecule has 3 aliphatic rings. The Morgan fingerprint density at radius 1 is 1.10 bits per heavy atom. The number of non-ortho nitro benzene ring substituents is 1. The van der Waals surface area contributed by atoms with Crippen molar-refractivity contribution in [2.45, 2.75) is 59.3 Å². The number of piperidine rings is 1. The summed E-state index contributed by atoms with van der Waals surface area (Å²) in [5.74, 6) is -2.94. The van der Waals surface area contributed by atoms with Gasteiger partial charge in [0.05, 0.1) is 4.92 Å². The molecule has 1 aromatic carbocycles. The van der Waals surface area contributed by atoms with Crippen LogP contribution in [0.4, 0.5) is 11.4 Å². The van der Waals surface area contributed by atoms with Gasteiger partial charge < -0.3 is 14.4 Å². The van der Waals surface area contributed by atoms with Crippen molar-refractivity contribution in [3.8, 4) is 0 Å². The van der Waals surface area contributed by atoms with E-state index in [1.807, 2.05) is 0 Å². The number of hydrogen-bond donors (Lipinski definition) is 0. The molecule has 0 radical (unpaired) electrons. The molecule has 2 aliphatic heterocycles. The molecule has 1 aliphatic carbocycles. The Hall–Kier alpha value is -2.90. The van der Waals surface area contributed by atoms with E-state index in [0.717, 1.165) is 25.1 Å². The Labute approximate surface area is 175 Å². The van der Waals surface area contributed by atoms with Crippen molar-refractivity contribution < 1.29 is 24.0 Å². The summed E-state index contributed by atoms with van der Waals surface area (Å²) in [6.07, 6.45) is 3.39. The minimum absolute atomic E-state index is 0.112. The minimum atomic E-state index is -1.34. The van der Waals surface area contributed by atoms with Crippen LogP contribution in [-0.2, 0) is 19.1 Å². The van der Waals surface area contributed by atoms with Gasteiger partial charge in [-0.25, -0.2) is 9.59 Å². The average molecular weight is 414 g/mol. The van der Waals surface area contributed by atoms with Gasteiger partial charge in [-0.15, -0.1) is 0 Å². The van der Waals surface area contributed by atoms with Crippen molar-refractivity contribution in [3.63, 3.8) is 0 Å². The largest absolute Gasteiger partial charge is 0.419 e. The number of carbonyl (C=O) groups is 2. The van der Waals surface area contributed by atoms with E-state index >= 15 is 0 Å². The van der Waals surface area contributed by atoms with Crippen LogP contribution in [0.5, 0.6) is 0 Å². The number of cyclic esters (lactones) is 2. The van der Waals surface area contributed by atoms with Crippen molar-refractivity contribution in [2.24, 2.45) is 10.8 Å². The Morgan fingerprint density at radius 2 is 1.73 bits per heavy atom. The van der Waals surface area contributed by atoms with Crippen LogP contribution in [0.25, 0.3) is 6.08 Å². The molecule has 0 aromatic heterocycles. The van der Waals surface area contributed by atoms with Crippen LogP contribution < -0.4 is 4.90 Å². The van der Waals surface area contributed by atoms with Gasteiger partial charge >= 0.3 is 11.9 Å². The van der Waals surface area contributed by atoms with Gasteiger partial charge in [0.1, 0.15) is 5.57 Å². The van der Waals surface area contributed by atoms with Crippen LogP contribution in [0, 0.1) is 20.9 Å². The molecule has 3 fully saturated rings. The molecule has 8 heteroatoms. The second-order valence-electron chi connectivity index (χ2n) is 9.87. The number of nitrogens with zero attached hydrogens (tertiary/aromatic N) is 2. The van der Waals surface area contributed by atoms with Gasteiger partial charge in [-0.2, -0.15) is 0 Å². The minimum Gasteiger partial charge on any atom is -0.419 e. The first-order valence-electron chi connectivity index (χ1n) is 10.1. The quantitative estimate of drug-likeness (QED) is 0.244. The van der Waals surface area contributed by atoms with Crippen molar-refractivity contribution in [1.82, 2.24) is 0 Å². The predicted octanol–water partition coefficient (Wildman–Crippen LogP) is 3.83. The molecule has 0 spiro atoms. The number of nitro benzene ring substituents is 1. The smallest absolute Gasteiger partial charge is 0.348 e. The molecular formula is C22H26N2O6. The fourth-order valence-electron chi connectivity index (χ4n) is 4.96. The summed E-state index contributed by atoms with van der Waals surface area (Å²) in [4.78, 5) is 37.9. The van der Waals surface area contributed by atoms with E-state index in [9.17, 15) is 19.7 Å². The number of anilines is 1. The molecule has 30 heavy (non-hydrogen) atoms. The highest BCUT2D eigenvalue weighted by Gasteiger charge is 2.57. The zero-order valence-corrected chi connectivity index (χ0v) is 17.9. The predicted molar refractivity (Wildman–Crippen MR) is 110 cm³/mol. The lowest BCUT2D eigenvalue weighted by Gasteiger charge is -2.44. The topological polar surface area (TPSA) is 99.0 Å². The van der Waals surface area contributed by atoms with Crippen molar-refractivity contribution >= 4 is 29.4 Å². The van der Waals surface area contributed by atoms with E-state index in [1.165, 1.54) is 32.1 Å². The van der Waals surface area contributed by atoms with E-state index in [0.29, 0.717) is 11.6 Å². The molecular weight excluding hydrogens is 388 g/mol. The van der Waals surface area contributed by atoms with Crippen molar-refractivity contribution in [3.05, 3.63) is 39.4 Å². The van der Waals surface area contributed by atoms with Gasteiger partial charge in [0, 0.05) is 49.8 Å². The Kier molecular flexibility index (Phi) is 4.28. The van der Waals surface area contributed by atoms with E-state index in [1.54, 1.807) is 6.07 Å². The maximum atomic E-state index is 12.4. The van der Waals surface area contributed by atoms with Gasteiger partial charge in [-0.3, -0.25) is 10.1 Å². The molecule has 1 saturated carbocycles. The Balaban J connectivity index is 1.77. The first kappa shape index (κ1) is 20.4. The van der Waals surface area contributed by atoms with Crippen LogP contribution >= 0.6 is 0 Å². The maximum absolute atomic E-state index is 12.4. The summed E-state index contributed by atoms with van der Waals surface area (Å²) < 4.78 is 10.3. The zero-order chi connectivity index (χ0) is 22.1. The number of rotatable bonds is 3. The van der Waals surface area contributed by atoms with Crippen LogP contribution in [0.15, 0.2) is 23.8 Å². The SMILES string of the molecule is CC1(C)OC(=O)C(=Cc2cc([N+](=O)[O-])ccc2N2C[C@@]3(C)C[C@H]2CC3(C)C)C(=O)O1. The molecule has 1 aromatic rings. The molecule has 2 saturated heterocycles. The zero-order valence-electron chi connectivity index (χ0n) is 17.9. The molecule has 4 rings (SSSR count). The van der Waals surface area contributed by atoms with Crippen LogP contribution in [0.2, 0.25) is 0 Å². The summed E-state index contributed by atoms with van der Waals surface area (Å²) in [7, 11) is 0. The number of ether oxygens (including phenoxy) is 2. The second kappa shape index (κ2) is 6.30. The fraction of sp³-hybridized carbons (Fsp3) is 0.545. The van der Waals surface area contributed by atoms with Crippen LogP contribution in [0.1, 0.15) is 53.0 Å². The monoisotopic (exact) mass is 414 g/mol. The summed E-state index contributed by atoms with van der Waals surface area (Å²) in [5.41, 5.74) is 1.14. The average Bonchev–Trinajstić information content (AvgIpc) is 3.05. The highest BCUT2D eigenvalue weighted by Crippen LogP contribution is 2.59. The number of fused-ring (bicyclic) bond motifs is 2. The fourth-order valence-corrected chi connectivity index (χ4v) is 4.96. The van der Waals surface area contributed by atoms with Gasteiger partial charge in [0.2, 0.25) is 0 Å². The second-order valence-corrected chi connectivity index (χ2v) is 9.87. The van der Waals surface area contributed by atoms with Gasteiger partial charge in [-0.1, -0.05) is 20.8 Å². The first-order valence-corrected chi connectivity index (χ1v) is 10.1. The van der Waals surface area contributed by atoms with Gasteiger partial charge in [-0.05, 0) is 35.8 Å². The number of carbonyl (C=O) groups excluding carboxylic acids is 2. The standard InChI is InChI=1S/C22H26N2O6/c1-20(2)10-15-11-22(20,5)12-23(15)17-7-6-14(24(27)28)8-13(17)9-16-18(25)29-21(3,4)30-19(16)26/h6-9,15H,10-12H2,1-5H3/t15-,22-/m1/s1. The summed E-state index contributed by atoms with van der Waals surface area (Å²) >= 11 is 0. The van der Waals surface area contributed by atoms with E-state index in [-0.39, 0.29) is 22.1 Å². The van der Waals surface area contributed by atoms with Crippen molar-refractivity contribution in [1.29, 1.82) is 0 Å². The lowest BCUT2D eigenvalue weighted by atomic mass is 9.69. The van der Waals surface area contributed by atoms with Crippen LogP contribution in [0.3, 0.4) is 0 Å². The molecule has 0 unspecified atom stereocenters. The lowest BCUT2D eigenvalue weighted by molar-refractivity contribution is -0.384. The Bertz CT molecular complexity index is 971. The number of nitro groups is 1. The molecule has 160 valence electrons. The molecule has 2 bridgehead atoms. The summed E-state index contributed by atoms with van der Waals surface area (Å²) in [5, 5.41) is 11.3. The van der Waals surface area contributed by atoms with E-state index in [2.05, 4.69) is 25.7 Å². The Morgan fingerprint density at radius 3 is 2.23 bits per heavy atom. The molecule has 2 heterocycles. The third-order valence-electron chi connectivity index (χ3n) is 6.97. The number of hydrogen-bond acceptors (Lipinski definition) is 7. The normalized spacial score (nSPS) is 28.9. The molecule has 2 atom stereocenters. The van der Waals surface area contributed by atoms with Gasteiger partial charge in [0.25, 0.3) is 11.5 Å². The molecule has 0 amide bonds. The van der Waals surface area contributed by atoms with Crippen LogP contribution in [-0.4, -0.2) is 35.2 Å². The highest BCUT2D eigenvalue weighted by atomic mass is 16.7. The van der Waals surface area contributed by atoms with Crippen molar-refractivity contribution in [2.75, 3.05) is 11.4 Å². The summed E-state index contributed by atoms with van der Waals surface area (Å²) in [6, 6.07) is 4.85. The van der Waals surface area contributed by atoms with E-state index in [4.69, 9.17) is 9.47 Å². The summed E-state index contributed by atoms with van der Waals surface area (Å²) in [6.45, 7) is 10.6. The molecule has 8 nitrogen and oxygen atoms in total. The van der Waals surface area contributed by atoms with Gasteiger partial charge in [0.15, 0.2) is 0 Å². The first-order chi connectivity index (χ1) is 13.8. The highest BCUT2D eigenvalue weighted by molar-refractivity contribution is 6.19. The number of benzene rings is 1.